The summed E-state index contributed by atoms with van der Waals surface area (Å²) in [4.78, 5) is 0. The van der Waals surface area contributed by atoms with Gasteiger partial charge in [0.25, 0.3) is 0 Å². The Morgan fingerprint density at radius 2 is 1.02 bits per heavy atom. The molecule has 0 spiro atoms. The van der Waals surface area contributed by atoms with Crippen molar-refractivity contribution in [3.05, 3.63) is 129 Å². The fraction of sp³-hybridized carbons (Fsp3) is 0.349. The van der Waals surface area contributed by atoms with Crippen molar-refractivity contribution in [1.29, 1.82) is 0 Å². The zero-order chi connectivity index (χ0) is 31.8. The van der Waals surface area contributed by atoms with Crippen LogP contribution in [-0.2, 0) is 30.2 Å². The molecule has 248 valence electrons. The second-order valence-corrected chi connectivity index (χ2v) is 41.8. The molecule has 0 saturated carbocycles. The van der Waals surface area contributed by atoms with Gasteiger partial charge >= 0.3 is 277 Å². The van der Waals surface area contributed by atoms with Crippen LogP contribution in [0.5, 0.6) is 0 Å². The summed E-state index contributed by atoms with van der Waals surface area (Å²) >= 11 is -3.70. The zero-order valence-corrected chi connectivity index (χ0v) is 34.9. The number of allylic oxidation sites excluding steroid dienone is 2. The van der Waals surface area contributed by atoms with Gasteiger partial charge < -0.3 is 0 Å². The Hall–Kier alpha value is -1.96. The van der Waals surface area contributed by atoms with Crippen LogP contribution in [0.4, 0.5) is 0 Å². The second kappa shape index (κ2) is 15.3. The van der Waals surface area contributed by atoms with E-state index in [9.17, 15) is 0 Å². The van der Waals surface area contributed by atoms with Crippen molar-refractivity contribution >= 4 is 43.8 Å². The molecule has 47 heavy (non-hydrogen) atoms. The average Bonchev–Trinajstić information content (AvgIpc) is 3.64. The summed E-state index contributed by atoms with van der Waals surface area (Å²) in [5.41, 5.74) is 17.9. The Kier molecular flexibility index (Phi) is 12.3. The van der Waals surface area contributed by atoms with Gasteiger partial charge in [-0.3, -0.25) is 0 Å². The molecule has 4 aromatic carbocycles. The average molecular weight is 761 g/mol. The number of hydrogen-bond acceptors (Lipinski definition) is 0. The molecule has 0 fully saturated rings. The maximum atomic E-state index is 2.63. The number of hydrogen-bond donors (Lipinski definition) is 0. The Bertz CT molecular complexity index is 1840. The van der Waals surface area contributed by atoms with Crippen LogP contribution in [0.25, 0.3) is 34.4 Å². The van der Waals surface area contributed by atoms with E-state index in [0.29, 0.717) is 7.25 Å². The van der Waals surface area contributed by atoms with Crippen molar-refractivity contribution in [1.82, 2.24) is 0 Å². The van der Waals surface area contributed by atoms with Gasteiger partial charge in [0, 0.05) is 0 Å². The van der Waals surface area contributed by atoms with Crippen molar-refractivity contribution in [2.45, 2.75) is 89.2 Å². The minimum Gasteiger partial charge on any atom is -0.147 e. The van der Waals surface area contributed by atoms with Gasteiger partial charge in [0.05, 0.1) is 0 Å². The predicted octanol–water partition coefficient (Wildman–Crippen LogP) is 12.9. The van der Waals surface area contributed by atoms with Crippen LogP contribution in [0.1, 0.15) is 101 Å². The van der Waals surface area contributed by atoms with Crippen LogP contribution in [0.15, 0.2) is 96.1 Å². The number of benzene rings is 4. The Labute approximate surface area is 299 Å². The molecule has 4 aromatic rings. The molecule has 0 bridgehead atoms. The third-order valence-electron chi connectivity index (χ3n) is 11.8. The zero-order valence-electron chi connectivity index (χ0n) is 29.4. The smallest absolute Gasteiger partial charge is 0.147 e. The van der Waals surface area contributed by atoms with Gasteiger partial charge in [0.15, 0.2) is 0 Å². The van der Waals surface area contributed by atoms with Gasteiger partial charge in [-0.2, -0.15) is 0 Å². The summed E-state index contributed by atoms with van der Waals surface area (Å²) in [6, 6.07) is 33.3. The van der Waals surface area contributed by atoms with Crippen LogP contribution in [0, 0.1) is 0 Å². The van der Waals surface area contributed by atoms with E-state index in [1.807, 2.05) is 0 Å². The van der Waals surface area contributed by atoms with Gasteiger partial charge in [-0.05, 0) is 0 Å². The quantitative estimate of drug-likeness (QED) is 0.134. The fourth-order valence-electron chi connectivity index (χ4n) is 9.29. The van der Waals surface area contributed by atoms with E-state index in [0.717, 1.165) is 19.3 Å². The molecule has 2 aliphatic rings. The Morgan fingerprint density at radius 3 is 1.45 bits per heavy atom. The van der Waals surface area contributed by atoms with E-state index in [1.165, 1.54) is 65.6 Å². The molecule has 0 heterocycles. The molecule has 2 aliphatic carbocycles. The monoisotopic (exact) mass is 758 g/mol. The van der Waals surface area contributed by atoms with E-state index in [2.05, 4.69) is 146 Å². The van der Waals surface area contributed by atoms with Crippen molar-refractivity contribution in [2.75, 3.05) is 0 Å². The Morgan fingerprint density at radius 1 is 0.574 bits per heavy atom. The standard InChI is InChI=1S/C20H21.C19H19.2C2H5.2ClH.H2Si.Zr/c1-3-6-16-9-11-17(12-10-16)19-8-5-7-18-13-15(4-2)14-20(18)19;1-3-5-15-8-10-16(11-9-15)18-7-4-6-17-12-14(2)13-19(17)18;2*1-2;;;;/h5,7-14H,3-4,6H2,1-2H3;4,6-13H,3,5H2,1-2H3;2*1H2,2H3;2*1H;1H2;. The van der Waals surface area contributed by atoms with Crippen molar-refractivity contribution < 1.29 is 17.4 Å². The van der Waals surface area contributed by atoms with E-state index >= 15 is 0 Å². The number of fused-ring (bicyclic) bond motifs is 2. The molecule has 0 aliphatic heterocycles. The first-order chi connectivity index (χ1) is 21.8. The van der Waals surface area contributed by atoms with Gasteiger partial charge in [-0.15, -0.1) is 24.8 Å². The molecule has 4 heteroatoms. The third-order valence-corrected chi connectivity index (χ3v) is 42.7. The fourth-order valence-corrected chi connectivity index (χ4v) is 33.2. The molecule has 2 unspecified atom stereocenters. The van der Waals surface area contributed by atoms with Crippen LogP contribution in [-0.4, -0.2) is 6.88 Å². The number of halogens is 2. The predicted molar refractivity (Wildman–Crippen MR) is 213 cm³/mol. The molecule has 0 aromatic heterocycles. The van der Waals surface area contributed by atoms with Gasteiger partial charge in [0.2, 0.25) is 0 Å². The largest absolute Gasteiger partial charge is 0.147 e. The minimum atomic E-state index is -3.70. The summed E-state index contributed by atoms with van der Waals surface area (Å²) in [7, 11) is 0. The molecule has 0 nitrogen and oxygen atoms in total. The normalized spacial score (nSPS) is 16.8. The van der Waals surface area contributed by atoms with E-state index in [-0.39, 0.29) is 24.8 Å². The summed E-state index contributed by atoms with van der Waals surface area (Å²) in [5.74, 6) is 0. The summed E-state index contributed by atoms with van der Waals surface area (Å²) in [6.07, 6.45) is 11.0. The van der Waals surface area contributed by atoms with Crippen LogP contribution < -0.4 is 0 Å². The first-order valence-corrected chi connectivity index (χ1v) is 29.9. The first kappa shape index (κ1) is 37.9. The summed E-state index contributed by atoms with van der Waals surface area (Å²) < 4.78 is 3.81. The third kappa shape index (κ3) is 6.43. The molecule has 0 radical (unpaired) electrons. The summed E-state index contributed by atoms with van der Waals surface area (Å²) in [5, 5.41) is 0. The summed E-state index contributed by atoms with van der Waals surface area (Å²) in [6.45, 7) is 17.1. The molecule has 2 atom stereocenters. The molecular formula is C43H54Cl2SiZr. The first-order valence-electron chi connectivity index (χ1n) is 17.7. The van der Waals surface area contributed by atoms with Crippen LogP contribution in [0.2, 0.25) is 8.26 Å². The van der Waals surface area contributed by atoms with E-state index in [1.54, 1.807) is 22.3 Å². The van der Waals surface area contributed by atoms with Gasteiger partial charge in [0.1, 0.15) is 0 Å². The maximum Gasteiger partial charge on any atom is -0.147 e. The number of rotatable bonds is 11. The minimum absolute atomic E-state index is 0. The van der Waals surface area contributed by atoms with E-state index in [4.69, 9.17) is 0 Å². The maximum absolute atomic E-state index is 3.70. The van der Waals surface area contributed by atoms with Crippen molar-refractivity contribution in [3.8, 4) is 22.3 Å². The molecule has 6 rings (SSSR count). The second-order valence-electron chi connectivity index (χ2n) is 14.2. The topological polar surface area (TPSA) is 0 Å². The molecule has 0 saturated heterocycles. The van der Waals surface area contributed by atoms with Crippen LogP contribution >= 0.6 is 24.8 Å². The molecule has 0 N–H and O–H groups in total. The number of aryl methyl sites for hydroxylation is 2. The van der Waals surface area contributed by atoms with Crippen molar-refractivity contribution in [3.63, 3.8) is 0 Å². The Balaban J connectivity index is 0.00000250. The van der Waals surface area contributed by atoms with Gasteiger partial charge in [-0.1, -0.05) is 0 Å². The van der Waals surface area contributed by atoms with E-state index < -0.39 is 17.4 Å². The molecule has 0 amide bonds. The van der Waals surface area contributed by atoms with Crippen molar-refractivity contribution in [2.24, 2.45) is 0 Å². The molecular weight excluding hydrogens is 707 g/mol. The van der Waals surface area contributed by atoms with Gasteiger partial charge in [-0.25, -0.2) is 0 Å². The SMILES string of the molecule is CCCc1ccc(-c2cccc3c2C=C(C)[CH]3[Zr](=[SiH2])([CH2]C)([CH2]C)[CH]2C(CC)=Cc3c(-c4ccc(CCC)cc4)cccc32)cc1.Cl.Cl. The van der Waals surface area contributed by atoms with Crippen LogP contribution in [0.3, 0.4) is 0 Å².